The third-order valence-electron chi connectivity index (χ3n) is 4.58. The van der Waals surface area contributed by atoms with Crippen molar-refractivity contribution in [2.75, 3.05) is 13.7 Å². The average Bonchev–Trinajstić information content (AvgIpc) is 3.56. The van der Waals surface area contributed by atoms with Gasteiger partial charge in [0.25, 0.3) is 5.91 Å². The monoisotopic (exact) mass is 456 g/mol. The van der Waals surface area contributed by atoms with Gasteiger partial charge < -0.3 is 14.9 Å². The number of hydrogen-bond donors (Lipinski definition) is 1. The molecule has 1 aromatic carbocycles. The fourth-order valence-corrected chi connectivity index (χ4v) is 2.82. The zero-order valence-corrected chi connectivity index (χ0v) is 17.5. The molecule has 166 valence electrons. The molecular weight excluding hydrogens is 437 g/mol. The zero-order chi connectivity index (χ0) is 22.6. The van der Waals surface area contributed by atoms with E-state index in [9.17, 15) is 18.0 Å². The summed E-state index contributed by atoms with van der Waals surface area (Å²) in [7, 11) is 1.43. The van der Waals surface area contributed by atoms with Crippen LogP contribution in [0.2, 0.25) is 5.02 Å². The molecule has 0 unspecified atom stereocenters. The highest BCUT2D eigenvalue weighted by molar-refractivity contribution is 6.30. The number of nitrogens with one attached hydrogen (secondary N) is 1. The van der Waals surface area contributed by atoms with E-state index in [1.165, 1.54) is 13.2 Å². The molecule has 3 rings (SSSR count). The van der Waals surface area contributed by atoms with Crippen molar-refractivity contribution in [2.45, 2.75) is 32.0 Å². The summed E-state index contributed by atoms with van der Waals surface area (Å²) in [4.78, 5) is 17.4. The summed E-state index contributed by atoms with van der Waals surface area (Å²) in [6.45, 7) is 1.03. The summed E-state index contributed by atoms with van der Waals surface area (Å²) in [5.41, 5.74) is 1.28. The van der Waals surface area contributed by atoms with Crippen molar-refractivity contribution in [3.05, 3.63) is 41.0 Å². The van der Waals surface area contributed by atoms with Crippen LogP contribution in [-0.2, 0) is 4.84 Å². The summed E-state index contributed by atoms with van der Waals surface area (Å²) in [5.74, 6) is -0.624. The van der Waals surface area contributed by atoms with Gasteiger partial charge in [-0.05, 0) is 43.5 Å². The van der Waals surface area contributed by atoms with Crippen LogP contribution in [0.5, 0.6) is 5.88 Å². The van der Waals surface area contributed by atoms with Crippen LogP contribution in [0.15, 0.2) is 35.5 Å². The molecule has 1 saturated carbocycles. The molecule has 1 aromatic heterocycles. The van der Waals surface area contributed by atoms with Gasteiger partial charge in [-0.2, -0.15) is 13.2 Å². The number of nitrogens with zero attached hydrogens (tertiary/aromatic N) is 3. The van der Waals surface area contributed by atoms with Crippen molar-refractivity contribution < 1.29 is 27.5 Å². The maximum Gasteiger partial charge on any atom is 0.425 e. The standard InChI is InChI=1S/C20H20ClF3N4O3/c1-11(20(22,23)24)31-19-15(12-5-7-14(21)8-6-12)9-16(26-27-19)18(29)25-10-17(28-30-2)13-3-4-13/h5-9,11,13H,3-4,10H2,1-2H3,(H,25,29)/t11-/m0/s1. The lowest BCUT2D eigenvalue weighted by Crippen LogP contribution is -2.32. The Morgan fingerprint density at radius 2 is 1.97 bits per heavy atom. The Labute approximate surface area is 181 Å². The predicted molar refractivity (Wildman–Crippen MR) is 108 cm³/mol. The van der Waals surface area contributed by atoms with Gasteiger partial charge in [0.1, 0.15) is 7.11 Å². The Morgan fingerprint density at radius 1 is 1.29 bits per heavy atom. The van der Waals surface area contributed by atoms with Gasteiger partial charge in [0.15, 0.2) is 11.8 Å². The van der Waals surface area contributed by atoms with E-state index in [4.69, 9.17) is 21.2 Å². The Kier molecular flexibility index (Phi) is 6.99. The van der Waals surface area contributed by atoms with Gasteiger partial charge in [-0.1, -0.05) is 28.9 Å². The van der Waals surface area contributed by atoms with Crippen LogP contribution in [0.25, 0.3) is 11.1 Å². The number of ether oxygens (including phenoxy) is 1. The molecule has 1 N–H and O–H groups in total. The number of carbonyl (C=O) groups is 1. The van der Waals surface area contributed by atoms with E-state index >= 15 is 0 Å². The molecule has 1 amide bonds. The van der Waals surface area contributed by atoms with E-state index in [1.54, 1.807) is 24.3 Å². The Hall–Kier alpha value is -2.88. The van der Waals surface area contributed by atoms with Crippen LogP contribution in [0.1, 0.15) is 30.3 Å². The van der Waals surface area contributed by atoms with Gasteiger partial charge in [0, 0.05) is 16.5 Å². The molecule has 0 aliphatic heterocycles. The first kappa shape index (κ1) is 22.8. The molecule has 0 bridgehead atoms. The molecular formula is C20H20ClF3N4O3. The van der Waals surface area contributed by atoms with Crippen molar-refractivity contribution in [3.8, 4) is 17.0 Å². The molecule has 11 heteroatoms. The molecule has 7 nitrogen and oxygen atoms in total. The molecule has 0 saturated heterocycles. The van der Waals surface area contributed by atoms with Crippen molar-refractivity contribution >= 4 is 23.2 Å². The molecule has 0 radical (unpaired) electrons. The number of alkyl halides is 3. The first-order valence-corrected chi connectivity index (χ1v) is 9.82. The van der Waals surface area contributed by atoms with Gasteiger partial charge >= 0.3 is 6.18 Å². The highest BCUT2D eigenvalue weighted by Gasteiger charge is 2.39. The van der Waals surface area contributed by atoms with E-state index < -0.39 is 18.2 Å². The number of aromatic nitrogens is 2. The van der Waals surface area contributed by atoms with Crippen LogP contribution in [-0.4, -0.2) is 47.8 Å². The number of hydrogen-bond acceptors (Lipinski definition) is 6. The first-order chi connectivity index (χ1) is 14.7. The molecule has 1 aliphatic rings. The van der Waals surface area contributed by atoms with Gasteiger partial charge in [-0.15, -0.1) is 10.2 Å². The summed E-state index contributed by atoms with van der Waals surface area (Å²) in [6, 6.07) is 7.63. The molecule has 1 atom stereocenters. The molecule has 1 aliphatic carbocycles. The summed E-state index contributed by atoms with van der Waals surface area (Å²) in [5, 5.41) is 14.5. The Morgan fingerprint density at radius 3 is 2.55 bits per heavy atom. The lowest BCUT2D eigenvalue weighted by molar-refractivity contribution is -0.189. The van der Waals surface area contributed by atoms with Crippen LogP contribution in [0, 0.1) is 5.92 Å². The molecule has 1 heterocycles. The zero-order valence-electron chi connectivity index (χ0n) is 16.7. The van der Waals surface area contributed by atoms with Gasteiger partial charge in [-0.3, -0.25) is 4.79 Å². The maximum atomic E-state index is 13.0. The molecule has 2 aromatic rings. The number of rotatable bonds is 8. The van der Waals surface area contributed by atoms with E-state index in [1.807, 2.05) is 0 Å². The van der Waals surface area contributed by atoms with Crippen molar-refractivity contribution in [1.29, 1.82) is 0 Å². The minimum Gasteiger partial charge on any atom is -0.463 e. The van der Waals surface area contributed by atoms with Gasteiger partial charge in [0.2, 0.25) is 5.88 Å². The highest BCUT2D eigenvalue weighted by atomic mass is 35.5. The van der Waals surface area contributed by atoms with E-state index in [-0.39, 0.29) is 29.6 Å². The lowest BCUT2D eigenvalue weighted by Gasteiger charge is -2.19. The Balaban J connectivity index is 1.86. The number of benzene rings is 1. The fraction of sp³-hybridized carbons (Fsp3) is 0.400. The summed E-state index contributed by atoms with van der Waals surface area (Å²) >= 11 is 5.90. The van der Waals surface area contributed by atoms with Crippen LogP contribution < -0.4 is 10.1 Å². The quantitative estimate of drug-likeness (QED) is 0.473. The van der Waals surface area contributed by atoms with Gasteiger partial charge in [-0.25, -0.2) is 0 Å². The first-order valence-electron chi connectivity index (χ1n) is 9.44. The van der Waals surface area contributed by atoms with Crippen molar-refractivity contribution in [3.63, 3.8) is 0 Å². The van der Waals surface area contributed by atoms with Crippen LogP contribution >= 0.6 is 11.6 Å². The minimum absolute atomic E-state index is 0.0791. The summed E-state index contributed by atoms with van der Waals surface area (Å²) in [6.07, 6.45) is -4.75. The molecule has 0 spiro atoms. The SMILES string of the molecule is CON=C(CNC(=O)c1cc(-c2ccc(Cl)cc2)c(O[C@@H](C)C(F)(F)F)nn1)C1CC1. The molecule has 1 fully saturated rings. The molecule has 31 heavy (non-hydrogen) atoms. The second-order valence-electron chi connectivity index (χ2n) is 6.98. The fourth-order valence-electron chi connectivity index (χ4n) is 2.70. The van der Waals surface area contributed by atoms with E-state index in [0.29, 0.717) is 16.3 Å². The van der Waals surface area contributed by atoms with Gasteiger partial charge in [0.05, 0.1) is 12.3 Å². The second-order valence-corrected chi connectivity index (χ2v) is 7.42. The third kappa shape index (κ3) is 6.06. The van der Waals surface area contributed by atoms with Crippen LogP contribution in [0.4, 0.5) is 13.2 Å². The van der Waals surface area contributed by atoms with Crippen LogP contribution in [0.3, 0.4) is 0 Å². The normalized spacial score (nSPS) is 15.4. The van der Waals surface area contributed by atoms with Crippen molar-refractivity contribution in [2.24, 2.45) is 11.1 Å². The largest absolute Gasteiger partial charge is 0.463 e. The topological polar surface area (TPSA) is 85.7 Å². The van der Waals surface area contributed by atoms with E-state index in [0.717, 1.165) is 19.8 Å². The lowest BCUT2D eigenvalue weighted by atomic mass is 10.1. The number of oxime groups is 1. The average molecular weight is 457 g/mol. The van der Waals surface area contributed by atoms with E-state index in [2.05, 4.69) is 20.7 Å². The smallest absolute Gasteiger partial charge is 0.425 e. The van der Waals surface area contributed by atoms with Crippen molar-refractivity contribution in [1.82, 2.24) is 15.5 Å². The summed E-state index contributed by atoms with van der Waals surface area (Å²) < 4.78 is 43.9. The predicted octanol–water partition coefficient (Wildman–Crippen LogP) is 4.27. The number of carbonyl (C=O) groups excluding carboxylic acids is 1. The number of halogens is 4. The second kappa shape index (κ2) is 9.51. The maximum absolute atomic E-state index is 13.0. The third-order valence-corrected chi connectivity index (χ3v) is 4.84. The highest BCUT2D eigenvalue weighted by Crippen LogP contribution is 2.33. The minimum atomic E-state index is -4.59. The number of amides is 1. The Bertz CT molecular complexity index is 963.